The zero-order valence-corrected chi connectivity index (χ0v) is 42.3. The van der Waals surface area contributed by atoms with E-state index in [4.69, 9.17) is 0 Å². The predicted octanol–water partition coefficient (Wildman–Crippen LogP) is 18.4. The maximum Gasteiger partial charge on any atom is 0.220 e. The zero-order chi connectivity index (χ0) is 45.6. The van der Waals surface area contributed by atoms with E-state index in [0.29, 0.717) is 6.42 Å². The molecule has 0 fully saturated rings. The molecule has 0 saturated heterocycles. The van der Waals surface area contributed by atoms with Crippen molar-refractivity contribution in [3.8, 4) is 0 Å². The Labute approximate surface area is 394 Å². The normalized spacial score (nSPS) is 13.3. The van der Waals surface area contributed by atoms with Crippen LogP contribution < -0.4 is 5.32 Å². The van der Waals surface area contributed by atoms with Gasteiger partial charge in [0, 0.05) is 6.42 Å². The van der Waals surface area contributed by atoms with Gasteiger partial charge in [0.1, 0.15) is 0 Å². The molecule has 0 aromatic rings. The van der Waals surface area contributed by atoms with Gasteiger partial charge in [-0.1, -0.05) is 274 Å². The molecule has 63 heavy (non-hydrogen) atoms. The fraction of sp³-hybridized carbons (Fsp3) is 0.814. The molecule has 0 rings (SSSR count). The third-order valence-electron chi connectivity index (χ3n) is 12.7. The van der Waals surface area contributed by atoms with Gasteiger partial charge >= 0.3 is 0 Å². The molecule has 0 spiro atoms. The molecule has 3 N–H and O–H groups in total. The van der Waals surface area contributed by atoms with Crippen molar-refractivity contribution in [2.24, 2.45) is 0 Å². The lowest BCUT2D eigenvalue weighted by molar-refractivity contribution is -0.123. The van der Waals surface area contributed by atoms with Crippen molar-refractivity contribution >= 4 is 5.91 Å². The first-order chi connectivity index (χ1) is 31.2. The number of carbonyl (C=O) groups excluding carboxylic acids is 1. The van der Waals surface area contributed by atoms with Crippen LogP contribution in [0.4, 0.5) is 0 Å². The summed E-state index contributed by atoms with van der Waals surface area (Å²) < 4.78 is 0. The van der Waals surface area contributed by atoms with E-state index in [0.717, 1.165) is 57.8 Å². The van der Waals surface area contributed by atoms with Gasteiger partial charge in [0.05, 0.1) is 18.8 Å². The topological polar surface area (TPSA) is 69.6 Å². The molecule has 0 heterocycles. The van der Waals surface area contributed by atoms with Crippen LogP contribution in [0.5, 0.6) is 0 Å². The van der Waals surface area contributed by atoms with Crippen LogP contribution in [-0.4, -0.2) is 34.9 Å². The number of allylic oxidation sites excluding steroid dienone is 9. The van der Waals surface area contributed by atoms with Gasteiger partial charge in [-0.2, -0.15) is 0 Å². The summed E-state index contributed by atoms with van der Waals surface area (Å²) in [6, 6.07) is -0.650. The molecule has 0 bridgehead atoms. The Morgan fingerprint density at radius 1 is 0.381 bits per heavy atom. The summed E-state index contributed by atoms with van der Waals surface area (Å²) in [5.41, 5.74) is 0. The Hall–Kier alpha value is -1.91. The molecule has 4 nitrogen and oxygen atoms in total. The molecule has 0 aliphatic rings. The van der Waals surface area contributed by atoms with E-state index in [2.05, 4.69) is 67.8 Å². The lowest BCUT2D eigenvalue weighted by Crippen LogP contribution is -2.45. The molecule has 1 amide bonds. The molecule has 0 radical (unpaired) electrons. The Kier molecular flexibility index (Phi) is 52.8. The minimum absolute atomic E-state index is 0.0855. The largest absolute Gasteiger partial charge is 0.394 e. The fourth-order valence-corrected chi connectivity index (χ4v) is 8.44. The molecule has 4 heteroatoms. The lowest BCUT2D eigenvalue weighted by Gasteiger charge is -2.19. The zero-order valence-electron chi connectivity index (χ0n) is 42.3. The first-order valence-corrected chi connectivity index (χ1v) is 28.0. The third kappa shape index (κ3) is 50.9. The summed E-state index contributed by atoms with van der Waals surface area (Å²) in [5, 5.41) is 23.1. The molecule has 2 atom stereocenters. The molecular weight excluding hydrogens is 771 g/mol. The van der Waals surface area contributed by atoms with E-state index in [1.807, 2.05) is 6.08 Å². The SMILES string of the molecule is CCCCC/C=C\C/C=C\C/C=C\CCCCCCCCC(=O)NC(CO)C(O)/C=C/CC/C=C/CCCCCCCCCCCCCCCCCCCCCCCCCCCC. The van der Waals surface area contributed by atoms with Crippen molar-refractivity contribution in [1.82, 2.24) is 5.32 Å². The smallest absolute Gasteiger partial charge is 0.220 e. The van der Waals surface area contributed by atoms with E-state index in [1.165, 1.54) is 212 Å². The Morgan fingerprint density at radius 3 is 1.06 bits per heavy atom. The third-order valence-corrected chi connectivity index (χ3v) is 12.7. The van der Waals surface area contributed by atoms with Gasteiger partial charge in [-0.15, -0.1) is 0 Å². The van der Waals surface area contributed by atoms with Crippen molar-refractivity contribution in [1.29, 1.82) is 0 Å². The van der Waals surface area contributed by atoms with Crippen molar-refractivity contribution in [3.63, 3.8) is 0 Å². The number of hydrogen-bond acceptors (Lipinski definition) is 3. The number of carbonyl (C=O) groups is 1. The van der Waals surface area contributed by atoms with Crippen LogP contribution in [-0.2, 0) is 4.79 Å². The highest BCUT2D eigenvalue weighted by atomic mass is 16.3. The monoisotopic (exact) mass is 880 g/mol. The predicted molar refractivity (Wildman–Crippen MR) is 281 cm³/mol. The van der Waals surface area contributed by atoms with Crippen molar-refractivity contribution in [2.45, 2.75) is 302 Å². The highest BCUT2D eigenvalue weighted by Crippen LogP contribution is 2.17. The van der Waals surface area contributed by atoms with Gasteiger partial charge < -0.3 is 15.5 Å². The molecule has 0 saturated carbocycles. The van der Waals surface area contributed by atoms with Gasteiger partial charge in [0.25, 0.3) is 0 Å². The number of nitrogens with one attached hydrogen (secondary N) is 1. The van der Waals surface area contributed by atoms with E-state index in [9.17, 15) is 15.0 Å². The van der Waals surface area contributed by atoms with Gasteiger partial charge in [0.2, 0.25) is 5.91 Å². The number of hydrogen-bond donors (Lipinski definition) is 3. The Bertz CT molecular complexity index is 1040. The van der Waals surface area contributed by atoms with Gasteiger partial charge in [-0.3, -0.25) is 4.79 Å². The van der Waals surface area contributed by atoms with E-state index < -0.39 is 12.1 Å². The second-order valence-corrected chi connectivity index (χ2v) is 19.0. The molecule has 368 valence electrons. The highest BCUT2D eigenvalue weighted by molar-refractivity contribution is 5.76. The van der Waals surface area contributed by atoms with E-state index in [-0.39, 0.29) is 12.5 Å². The second-order valence-electron chi connectivity index (χ2n) is 19.0. The molecule has 2 unspecified atom stereocenters. The number of rotatable bonds is 51. The van der Waals surface area contributed by atoms with Crippen LogP contribution in [0.15, 0.2) is 60.8 Å². The first-order valence-electron chi connectivity index (χ1n) is 28.0. The molecular formula is C59H109NO3. The summed E-state index contributed by atoms with van der Waals surface area (Å²) >= 11 is 0. The van der Waals surface area contributed by atoms with Crippen LogP contribution >= 0.6 is 0 Å². The van der Waals surface area contributed by atoms with Gasteiger partial charge in [0.15, 0.2) is 0 Å². The van der Waals surface area contributed by atoms with Crippen LogP contribution in [0.25, 0.3) is 0 Å². The lowest BCUT2D eigenvalue weighted by atomic mass is 10.0. The summed E-state index contributed by atoms with van der Waals surface area (Å²) in [6.07, 6.45) is 76.7. The first kappa shape index (κ1) is 61.1. The maximum atomic E-state index is 12.4. The summed E-state index contributed by atoms with van der Waals surface area (Å²) in [7, 11) is 0. The number of amides is 1. The highest BCUT2D eigenvalue weighted by Gasteiger charge is 2.18. The second kappa shape index (κ2) is 54.4. The summed E-state index contributed by atoms with van der Waals surface area (Å²) in [5.74, 6) is -0.0855. The van der Waals surface area contributed by atoms with E-state index in [1.54, 1.807) is 6.08 Å². The molecule has 0 aliphatic carbocycles. The fourth-order valence-electron chi connectivity index (χ4n) is 8.44. The Balaban J connectivity index is 3.53. The average Bonchev–Trinajstić information content (AvgIpc) is 3.29. The van der Waals surface area contributed by atoms with Crippen LogP contribution in [0.3, 0.4) is 0 Å². The molecule has 0 aromatic carbocycles. The summed E-state index contributed by atoms with van der Waals surface area (Å²) in [4.78, 5) is 12.4. The quantitative estimate of drug-likeness (QED) is 0.0421. The van der Waals surface area contributed by atoms with Crippen molar-refractivity contribution < 1.29 is 15.0 Å². The minimum Gasteiger partial charge on any atom is -0.394 e. The summed E-state index contributed by atoms with van der Waals surface area (Å²) in [6.45, 7) is 4.28. The van der Waals surface area contributed by atoms with Crippen LogP contribution in [0, 0.1) is 0 Å². The van der Waals surface area contributed by atoms with Crippen LogP contribution in [0.1, 0.15) is 290 Å². The number of aliphatic hydroxyl groups excluding tert-OH is 2. The number of unbranched alkanes of at least 4 members (excludes halogenated alkanes) is 36. The molecule has 0 aromatic heterocycles. The average molecular weight is 881 g/mol. The van der Waals surface area contributed by atoms with E-state index >= 15 is 0 Å². The molecule has 0 aliphatic heterocycles. The Morgan fingerprint density at radius 2 is 0.667 bits per heavy atom. The standard InChI is InChI=1S/C59H109NO3/c1-3-5-7-9-11-13-15-17-19-21-23-24-25-26-27-28-29-30-31-32-33-34-35-37-38-40-42-44-46-48-50-52-54-58(62)57(56-61)60-59(63)55-53-51-49-47-45-43-41-39-36-22-20-18-16-14-12-10-8-6-4-2/h12,14,18,20,36,39,44,46,52,54,57-58,61-62H,3-11,13,15-17,19,21-35,37-38,40-43,45,47-51,53,55-56H2,1-2H3,(H,60,63)/b14-12-,20-18-,39-36-,46-44+,54-52+. The number of aliphatic hydroxyl groups is 2. The van der Waals surface area contributed by atoms with Crippen molar-refractivity contribution in [3.05, 3.63) is 60.8 Å². The van der Waals surface area contributed by atoms with Gasteiger partial charge in [-0.05, 0) is 70.6 Å². The van der Waals surface area contributed by atoms with Gasteiger partial charge in [-0.25, -0.2) is 0 Å². The minimum atomic E-state index is -0.871. The maximum absolute atomic E-state index is 12.4. The van der Waals surface area contributed by atoms with Crippen molar-refractivity contribution in [2.75, 3.05) is 6.61 Å². The van der Waals surface area contributed by atoms with Crippen LogP contribution in [0.2, 0.25) is 0 Å².